The van der Waals surface area contributed by atoms with Gasteiger partial charge in [0.1, 0.15) is 11.6 Å². The SMILES string of the molecule is O=C1c2c(F)ccc(F)c2CCN1Cc1ccc(NS(=O)(=O)C(F)(F)F)cc1. The number of benzene rings is 2. The fourth-order valence-electron chi connectivity index (χ4n) is 2.84. The highest BCUT2D eigenvalue weighted by Gasteiger charge is 2.46. The van der Waals surface area contributed by atoms with Crippen molar-refractivity contribution in [1.29, 1.82) is 0 Å². The van der Waals surface area contributed by atoms with Crippen molar-refractivity contribution in [3.63, 3.8) is 0 Å². The van der Waals surface area contributed by atoms with E-state index in [9.17, 15) is 35.2 Å². The number of nitrogens with one attached hydrogen (secondary N) is 1. The monoisotopic (exact) mass is 420 g/mol. The molecule has 1 amide bonds. The van der Waals surface area contributed by atoms with Gasteiger partial charge in [-0.05, 0) is 36.2 Å². The molecule has 1 aliphatic heterocycles. The van der Waals surface area contributed by atoms with E-state index in [1.54, 1.807) is 0 Å². The summed E-state index contributed by atoms with van der Waals surface area (Å²) in [4.78, 5) is 13.7. The van der Waals surface area contributed by atoms with E-state index in [0.717, 1.165) is 24.3 Å². The van der Waals surface area contributed by atoms with Crippen LogP contribution in [0.1, 0.15) is 21.5 Å². The quantitative estimate of drug-likeness (QED) is 0.771. The Hall–Kier alpha value is -2.69. The van der Waals surface area contributed by atoms with E-state index < -0.39 is 33.1 Å². The second kappa shape index (κ2) is 7.04. The van der Waals surface area contributed by atoms with Crippen LogP contribution in [0.2, 0.25) is 0 Å². The number of fused-ring (bicyclic) bond motifs is 1. The minimum absolute atomic E-state index is 0.000523. The van der Waals surface area contributed by atoms with Crippen molar-refractivity contribution in [2.75, 3.05) is 11.3 Å². The first kappa shape index (κ1) is 20.1. The Morgan fingerprint density at radius 1 is 1.00 bits per heavy atom. The Morgan fingerprint density at radius 3 is 2.21 bits per heavy atom. The van der Waals surface area contributed by atoms with Crippen molar-refractivity contribution in [2.24, 2.45) is 0 Å². The highest BCUT2D eigenvalue weighted by molar-refractivity contribution is 7.93. The van der Waals surface area contributed by atoms with E-state index in [4.69, 9.17) is 0 Å². The van der Waals surface area contributed by atoms with Crippen molar-refractivity contribution in [1.82, 2.24) is 4.90 Å². The lowest BCUT2D eigenvalue weighted by atomic mass is 9.97. The van der Waals surface area contributed by atoms with Gasteiger partial charge in [0.25, 0.3) is 5.91 Å². The molecule has 1 aliphatic rings. The minimum Gasteiger partial charge on any atom is -0.334 e. The number of rotatable bonds is 4. The molecule has 0 fully saturated rings. The number of halogens is 5. The first-order chi connectivity index (χ1) is 13.0. The molecule has 0 radical (unpaired) electrons. The van der Waals surface area contributed by atoms with Crippen LogP contribution in [0.5, 0.6) is 0 Å². The average Bonchev–Trinajstić information content (AvgIpc) is 2.60. The van der Waals surface area contributed by atoms with Crippen LogP contribution in [-0.4, -0.2) is 31.3 Å². The molecule has 0 saturated heterocycles. The van der Waals surface area contributed by atoms with Crippen LogP contribution in [0.15, 0.2) is 36.4 Å². The number of nitrogens with zero attached hydrogens (tertiary/aromatic N) is 1. The molecule has 150 valence electrons. The van der Waals surface area contributed by atoms with Gasteiger partial charge in [0, 0.05) is 24.3 Å². The summed E-state index contributed by atoms with van der Waals surface area (Å²) in [5, 5.41) is 0. The maximum atomic E-state index is 13.9. The van der Waals surface area contributed by atoms with Crippen molar-refractivity contribution in [2.45, 2.75) is 18.5 Å². The summed E-state index contributed by atoms with van der Waals surface area (Å²) < 4.78 is 88.4. The zero-order valence-corrected chi connectivity index (χ0v) is 14.9. The van der Waals surface area contributed by atoms with Gasteiger partial charge in [-0.3, -0.25) is 9.52 Å². The maximum absolute atomic E-state index is 13.9. The zero-order valence-electron chi connectivity index (χ0n) is 14.1. The van der Waals surface area contributed by atoms with E-state index in [1.807, 2.05) is 0 Å². The maximum Gasteiger partial charge on any atom is 0.516 e. The standard InChI is InChI=1S/C17H13F5N2O3S/c18-13-5-6-14(19)15-12(13)7-8-24(16(15)25)9-10-1-3-11(4-2-10)23-28(26,27)17(20,21)22/h1-6,23H,7-9H2. The fraction of sp³-hybridized carbons (Fsp3) is 0.235. The minimum atomic E-state index is -5.53. The fourth-order valence-corrected chi connectivity index (χ4v) is 3.40. The van der Waals surface area contributed by atoms with Crippen molar-refractivity contribution in [3.05, 3.63) is 64.7 Å². The summed E-state index contributed by atoms with van der Waals surface area (Å²) in [7, 11) is -5.53. The van der Waals surface area contributed by atoms with E-state index in [1.165, 1.54) is 21.8 Å². The molecule has 1 heterocycles. The van der Waals surface area contributed by atoms with Crippen LogP contribution in [0.25, 0.3) is 0 Å². The molecule has 2 aromatic carbocycles. The van der Waals surface area contributed by atoms with Crippen LogP contribution in [0, 0.1) is 11.6 Å². The number of carbonyl (C=O) groups is 1. The Bertz CT molecular complexity index is 1020. The van der Waals surface area contributed by atoms with Crippen LogP contribution in [0.4, 0.5) is 27.6 Å². The Morgan fingerprint density at radius 2 is 1.61 bits per heavy atom. The van der Waals surface area contributed by atoms with E-state index >= 15 is 0 Å². The molecule has 1 N–H and O–H groups in total. The summed E-state index contributed by atoms with van der Waals surface area (Å²) in [5.74, 6) is -2.19. The van der Waals surface area contributed by atoms with Crippen LogP contribution in [0.3, 0.4) is 0 Å². The number of amides is 1. The van der Waals surface area contributed by atoms with Gasteiger partial charge < -0.3 is 4.90 Å². The smallest absolute Gasteiger partial charge is 0.334 e. The van der Waals surface area contributed by atoms with Gasteiger partial charge in [-0.15, -0.1) is 0 Å². The topological polar surface area (TPSA) is 66.5 Å². The number of alkyl halides is 3. The van der Waals surface area contributed by atoms with E-state index in [2.05, 4.69) is 0 Å². The Balaban J connectivity index is 1.75. The van der Waals surface area contributed by atoms with E-state index in [-0.39, 0.29) is 36.3 Å². The molecule has 0 saturated carbocycles. The summed E-state index contributed by atoms with van der Waals surface area (Å²) in [6, 6.07) is 6.72. The largest absolute Gasteiger partial charge is 0.516 e. The molecular formula is C17H13F5N2O3S. The van der Waals surface area contributed by atoms with E-state index in [0.29, 0.717) is 5.56 Å². The summed E-state index contributed by atoms with van der Waals surface area (Å²) >= 11 is 0. The molecule has 0 bridgehead atoms. The molecule has 5 nitrogen and oxygen atoms in total. The van der Waals surface area contributed by atoms with Gasteiger partial charge in [-0.1, -0.05) is 12.1 Å². The molecule has 2 aromatic rings. The third kappa shape index (κ3) is 3.79. The lowest BCUT2D eigenvalue weighted by Gasteiger charge is -2.29. The number of carbonyl (C=O) groups excluding carboxylic acids is 1. The number of anilines is 1. The van der Waals surface area contributed by atoms with Gasteiger partial charge in [0.05, 0.1) is 5.56 Å². The average molecular weight is 420 g/mol. The third-order valence-corrected chi connectivity index (χ3v) is 5.34. The van der Waals surface area contributed by atoms with Crippen molar-refractivity contribution < 1.29 is 35.2 Å². The number of hydrogen-bond acceptors (Lipinski definition) is 3. The third-order valence-electron chi connectivity index (χ3n) is 4.22. The number of hydrogen-bond donors (Lipinski definition) is 1. The molecular weight excluding hydrogens is 407 g/mol. The lowest BCUT2D eigenvalue weighted by Crippen LogP contribution is -2.38. The summed E-state index contributed by atoms with van der Waals surface area (Å²) in [6.07, 6.45) is 0.119. The van der Waals surface area contributed by atoms with Gasteiger partial charge in [0.2, 0.25) is 0 Å². The Labute approximate surface area is 156 Å². The van der Waals surface area contributed by atoms with Gasteiger partial charge in [-0.25, -0.2) is 8.78 Å². The lowest BCUT2D eigenvalue weighted by molar-refractivity contribution is -0.0429. The molecule has 0 spiro atoms. The first-order valence-corrected chi connectivity index (χ1v) is 9.42. The predicted molar refractivity (Wildman–Crippen MR) is 89.8 cm³/mol. The van der Waals surface area contributed by atoms with Crippen LogP contribution in [-0.2, 0) is 23.0 Å². The normalized spacial score (nSPS) is 14.8. The van der Waals surface area contributed by atoms with Crippen LogP contribution < -0.4 is 4.72 Å². The molecule has 0 aromatic heterocycles. The highest BCUT2D eigenvalue weighted by Crippen LogP contribution is 2.27. The second-order valence-electron chi connectivity index (χ2n) is 6.11. The van der Waals surface area contributed by atoms with Crippen molar-refractivity contribution >= 4 is 21.6 Å². The van der Waals surface area contributed by atoms with Crippen molar-refractivity contribution in [3.8, 4) is 0 Å². The van der Waals surface area contributed by atoms with Gasteiger partial charge in [-0.2, -0.15) is 21.6 Å². The highest BCUT2D eigenvalue weighted by atomic mass is 32.2. The molecule has 0 aliphatic carbocycles. The summed E-state index contributed by atoms with van der Waals surface area (Å²) in [6.45, 7) is 0.134. The Kier molecular flexibility index (Phi) is 5.04. The molecule has 0 unspecified atom stereocenters. The molecule has 0 atom stereocenters. The summed E-state index contributed by atoms with van der Waals surface area (Å²) in [5.41, 5.74) is -5.59. The van der Waals surface area contributed by atoms with Gasteiger partial charge >= 0.3 is 15.5 Å². The molecule has 28 heavy (non-hydrogen) atoms. The van der Waals surface area contributed by atoms with Gasteiger partial charge in [0.15, 0.2) is 0 Å². The second-order valence-corrected chi connectivity index (χ2v) is 7.78. The number of sulfonamides is 1. The first-order valence-electron chi connectivity index (χ1n) is 7.94. The molecule has 11 heteroatoms. The molecule has 3 rings (SSSR count). The van der Waals surface area contributed by atoms with Crippen LogP contribution >= 0.6 is 0 Å². The predicted octanol–water partition coefficient (Wildman–Crippen LogP) is 3.42. The zero-order chi connectivity index (χ0) is 20.7.